The van der Waals surface area contributed by atoms with Crippen molar-refractivity contribution in [2.24, 2.45) is 0 Å². The van der Waals surface area contributed by atoms with Crippen molar-refractivity contribution in [2.75, 3.05) is 48.6 Å². The molecule has 8 heteroatoms. The van der Waals surface area contributed by atoms with Crippen molar-refractivity contribution >= 4 is 5.91 Å². The molecule has 0 saturated heterocycles. The Hall–Kier alpha value is -3.13. The number of benzene rings is 2. The average Bonchev–Trinajstić information content (AvgIpc) is 2.77. The third-order valence-electron chi connectivity index (χ3n) is 4.29. The fourth-order valence-electron chi connectivity index (χ4n) is 2.80. The van der Waals surface area contributed by atoms with Gasteiger partial charge in [0.2, 0.25) is 5.75 Å². The number of methoxy groups -OCH3 is 5. The summed E-state index contributed by atoms with van der Waals surface area (Å²) in [5, 5.41) is 6.15. The highest BCUT2D eigenvalue weighted by Gasteiger charge is 2.16. The predicted molar refractivity (Wildman–Crippen MR) is 110 cm³/mol. The Labute approximate surface area is 171 Å². The van der Waals surface area contributed by atoms with Crippen LogP contribution in [-0.2, 0) is 6.54 Å². The molecule has 0 radical (unpaired) electrons. The standard InChI is InChI=1S/C21H28N2O6/c1-25-16-7-6-14(10-17(16)26-2)13-22-8-9-23-21(24)15-11-18(27-3)20(29-5)19(12-15)28-4/h6-7,10-12,22H,8-9,13H2,1-5H3,(H,23,24). The quantitative estimate of drug-likeness (QED) is 0.556. The SMILES string of the molecule is COc1ccc(CNCCNC(=O)c2cc(OC)c(OC)c(OC)c2)cc1OC. The van der Waals surface area contributed by atoms with E-state index in [1.807, 2.05) is 18.2 Å². The van der Waals surface area contributed by atoms with E-state index in [0.717, 1.165) is 5.56 Å². The lowest BCUT2D eigenvalue weighted by Crippen LogP contribution is -2.31. The molecule has 0 aliphatic rings. The second kappa shape index (κ2) is 11.0. The van der Waals surface area contributed by atoms with Crippen LogP contribution in [0.15, 0.2) is 30.3 Å². The van der Waals surface area contributed by atoms with Gasteiger partial charge in [0, 0.05) is 25.2 Å². The summed E-state index contributed by atoms with van der Waals surface area (Å²) in [6.07, 6.45) is 0. The van der Waals surface area contributed by atoms with Crippen molar-refractivity contribution in [1.29, 1.82) is 0 Å². The molecule has 0 unspecified atom stereocenters. The van der Waals surface area contributed by atoms with Crippen molar-refractivity contribution in [3.8, 4) is 28.7 Å². The predicted octanol–water partition coefficient (Wildman–Crippen LogP) is 2.25. The molecular weight excluding hydrogens is 376 g/mol. The molecule has 8 nitrogen and oxygen atoms in total. The molecule has 0 aliphatic heterocycles. The Kier molecular flexibility index (Phi) is 8.42. The van der Waals surface area contributed by atoms with Crippen molar-refractivity contribution in [1.82, 2.24) is 10.6 Å². The molecule has 2 N–H and O–H groups in total. The van der Waals surface area contributed by atoms with Crippen LogP contribution in [0.3, 0.4) is 0 Å². The zero-order valence-corrected chi connectivity index (χ0v) is 17.5. The molecule has 0 aliphatic carbocycles. The first-order valence-corrected chi connectivity index (χ1v) is 9.07. The number of carbonyl (C=O) groups is 1. The van der Waals surface area contributed by atoms with Gasteiger partial charge in [-0.2, -0.15) is 0 Å². The van der Waals surface area contributed by atoms with Gasteiger partial charge in [-0.05, 0) is 29.8 Å². The Morgan fingerprint density at radius 3 is 1.93 bits per heavy atom. The lowest BCUT2D eigenvalue weighted by atomic mass is 10.1. The van der Waals surface area contributed by atoms with Crippen molar-refractivity contribution < 1.29 is 28.5 Å². The van der Waals surface area contributed by atoms with Crippen LogP contribution in [-0.4, -0.2) is 54.5 Å². The minimum Gasteiger partial charge on any atom is -0.493 e. The third-order valence-corrected chi connectivity index (χ3v) is 4.29. The van der Waals surface area contributed by atoms with Gasteiger partial charge in [-0.15, -0.1) is 0 Å². The maximum Gasteiger partial charge on any atom is 0.251 e. The molecule has 0 saturated carbocycles. The molecule has 158 valence electrons. The highest BCUT2D eigenvalue weighted by atomic mass is 16.5. The van der Waals surface area contributed by atoms with Gasteiger partial charge >= 0.3 is 0 Å². The van der Waals surface area contributed by atoms with Gasteiger partial charge in [0.15, 0.2) is 23.0 Å². The van der Waals surface area contributed by atoms with Crippen LogP contribution in [0.1, 0.15) is 15.9 Å². The van der Waals surface area contributed by atoms with E-state index < -0.39 is 0 Å². The van der Waals surface area contributed by atoms with Gasteiger partial charge in [-0.25, -0.2) is 0 Å². The number of amides is 1. The van der Waals surface area contributed by atoms with Gasteiger partial charge in [-0.3, -0.25) is 4.79 Å². The summed E-state index contributed by atoms with van der Waals surface area (Å²) < 4.78 is 26.4. The summed E-state index contributed by atoms with van der Waals surface area (Å²) in [5.41, 5.74) is 1.48. The first-order valence-electron chi connectivity index (χ1n) is 9.07. The van der Waals surface area contributed by atoms with E-state index in [4.69, 9.17) is 23.7 Å². The lowest BCUT2D eigenvalue weighted by Gasteiger charge is -2.14. The molecule has 2 aromatic carbocycles. The summed E-state index contributed by atoms with van der Waals surface area (Å²) in [5.74, 6) is 2.46. The van der Waals surface area contributed by atoms with E-state index in [9.17, 15) is 4.79 Å². The van der Waals surface area contributed by atoms with Crippen LogP contribution in [0, 0.1) is 0 Å². The molecule has 0 atom stereocenters. The van der Waals surface area contributed by atoms with E-state index in [1.54, 1.807) is 26.4 Å². The monoisotopic (exact) mass is 404 g/mol. The van der Waals surface area contributed by atoms with Crippen LogP contribution in [0.5, 0.6) is 28.7 Å². The first kappa shape index (κ1) is 22.2. The average molecular weight is 404 g/mol. The lowest BCUT2D eigenvalue weighted by molar-refractivity contribution is 0.0953. The van der Waals surface area contributed by atoms with Crippen LogP contribution in [0.2, 0.25) is 0 Å². The van der Waals surface area contributed by atoms with Crippen LogP contribution in [0.4, 0.5) is 0 Å². The number of ether oxygens (including phenoxy) is 5. The van der Waals surface area contributed by atoms with Gasteiger partial charge in [-0.1, -0.05) is 6.07 Å². The van der Waals surface area contributed by atoms with Crippen LogP contribution in [0.25, 0.3) is 0 Å². The summed E-state index contributed by atoms with van der Waals surface area (Å²) in [6.45, 7) is 1.70. The normalized spacial score (nSPS) is 10.2. The third kappa shape index (κ3) is 5.68. The molecule has 0 aromatic heterocycles. The van der Waals surface area contributed by atoms with E-state index in [0.29, 0.717) is 53.9 Å². The number of rotatable bonds is 11. The molecular formula is C21H28N2O6. The van der Waals surface area contributed by atoms with Gasteiger partial charge in [0.1, 0.15) is 0 Å². The fraction of sp³-hybridized carbons (Fsp3) is 0.381. The summed E-state index contributed by atoms with van der Waals surface area (Å²) >= 11 is 0. The maximum atomic E-state index is 12.4. The number of nitrogens with one attached hydrogen (secondary N) is 2. The molecule has 0 fully saturated rings. The Morgan fingerprint density at radius 2 is 1.38 bits per heavy atom. The number of hydrogen-bond acceptors (Lipinski definition) is 7. The molecule has 1 amide bonds. The van der Waals surface area contributed by atoms with Crippen molar-refractivity contribution in [3.63, 3.8) is 0 Å². The second-order valence-corrected chi connectivity index (χ2v) is 6.04. The van der Waals surface area contributed by atoms with E-state index in [1.165, 1.54) is 21.3 Å². The first-order chi connectivity index (χ1) is 14.1. The van der Waals surface area contributed by atoms with Crippen molar-refractivity contribution in [3.05, 3.63) is 41.5 Å². The Balaban J connectivity index is 1.87. The molecule has 0 heterocycles. The van der Waals surface area contributed by atoms with Gasteiger partial charge < -0.3 is 34.3 Å². The van der Waals surface area contributed by atoms with Crippen molar-refractivity contribution in [2.45, 2.75) is 6.54 Å². The van der Waals surface area contributed by atoms with E-state index in [2.05, 4.69) is 10.6 Å². The summed E-state index contributed by atoms with van der Waals surface area (Å²) in [7, 11) is 7.75. The molecule has 0 spiro atoms. The van der Waals surface area contributed by atoms with Crippen LogP contribution < -0.4 is 34.3 Å². The minimum atomic E-state index is -0.225. The molecule has 2 aromatic rings. The zero-order valence-electron chi connectivity index (χ0n) is 17.5. The fourth-order valence-corrected chi connectivity index (χ4v) is 2.80. The Bertz CT molecular complexity index is 800. The highest BCUT2D eigenvalue weighted by molar-refractivity contribution is 5.95. The van der Waals surface area contributed by atoms with E-state index in [-0.39, 0.29) is 5.91 Å². The number of hydrogen-bond donors (Lipinski definition) is 2. The highest BCUT2D eigenvalue weighted by Crippen LogP contribution is 2.38. The van der Waals surface area contributed by atoms with Gasteiger partial charge in [0.05, 0.1) is 35.5 Å². The molecule has 29 heavy (non-hydrogen) atoms. The van der Waals surface area contributed by atoms with Gasteiger partial charge in [0.25, 0.3) is 5.91 Å². The smallest absolute Gasteiger partial charge is 0.251 e. The second-order valence-electron chi connectivity index (χ2n) is 6.04. The number of carbonyl (C=O) groups excluding carboxylic acids is 1. The topological polar surface area (TPSA) is 87.3 Å². The minimum absolute atomic E-state index is 0.225. The zero-order chi connectivity index (χ0) is 21.2. The summed E-state index contributed by atoms with van der Waals surface area (Å²) in [6, 6.07) is 8.98. The van der Waals surface area contributed by atoms with Crippen LogP contribution >= 0.6 is 0 Å². The Morgan fingerprint density at radius 1 is 0.759 bits per heavy atom. The largest absolute Gasteiger partial charge is 0.493 e. The van der Waals surface area contributed by atoms with E-state index >= 15 is 0 Å². The molecule has 2 rings (SSSR count). The molecule has 0 bridgehead atoms. The summed E-state index contributed by atoms with van der Waals surface area (Å²) in [4.78, 5) is 12.4. The maximum absolute atomic E-state index is 12.4.